The van der Waals surface area contributed by atoms with E-state index >= 15 is 0 Å². The molecule has 3 aromatic carbocycles. The molecule has 0 heterocycles. The van der Waals surface area contributed by atoms with Gasteiger partial charge < -0.3 is 15.2 Å². The number of carboxylic acids is 1. The number of fused-ring (bicyclic) bond motifs is 3. The zero-order valence-electron chi connectivity index (χ0n) is 17.7. The smallest absolute Gasteiger partial charge is 0.411 e. The molecule has 0 aromatic heterocycles. The van der Waals surface area contributed by atoms with E-state index in [4.69, 9.17) is 9.84 Å². The lowest BCUT2D eigenvalue weighted by molar-refractivity contribution is -0.138. The lowest BCUT2D eigenvalue weighted by Gasteiger charge is -2.15. The van der Waals surface area contributed by atoms with Crippen LogP contribution in [0.15, 0.2) is 66.7 Å². The van der Waals surface area contributed by atoms with E-state index < -0.39 is 29.8 Å². The highest BCUT2D eigenvalue weighted by atomic mass is 19.1. The summed E-state index contributed by atoms with van der Waals surface area (Å²) in [7, 11) is 0. The predicted octanol–water partition coefficient (Wildman–Crippen LogP) is 4.39. The summed E-state index contributed by atoms with van der Waals surface area (Å²) in [5, 5.41) is 13.6. The third-order valence-electron chi connectivity index (χ3n) is 5.52. The molecule has 3 aromatic rings. The van der Waals surface area contributed by atoms with Gasteiger partial charge in [0.2, 0.25) is 0 Å². The molecule has 0 saturated heterocycles. The second-order valence-electron chi connectivity index (χ2n) is 7.68. The number of halogens is 1. The Kier molecular flexibility index (Phi) is 6.08. The van der Waals surface area contributed by atoms with E-state index in [0.717, 1.165) is 34.4 Å². The van der Waals surface area contributed by atoms with E-state index in [9.17, 15) is 18.8 Å². The Labute approximate surface area is 189 Å². The van der Waals surface area contributed by atoms with Crippen molar-refractivity contribution in [2.24, 2.45) is 0 Å². The van der Waals surface area contributed by atoms with Crippen molar-refractivity contribution in [3.8, 4) is 11.1 Å². The Morgan fingerprint density at radius 3 is 2.21 bits per heavy atom. The van der Waals surface area contributed by atoms with Gasteiger partial charge in [0.15, 0.2) is 0 Å². The molecular formula is C25H21FN2O5. The largest absolute Gasteiger partial charge is 0.480 e. The zero-order chi connectivity index (χ0) is 23.5. The fourth-order valence-electron chi connectivity index (χ4n) is 3.87. The first-order valence-corrected chi connectivity index (χ1v) is 10.3. The predicted molar refractivity (Wildman–Crippen MR) is 120 cm³/mol. The average molecular weight is 448 g/mol. The molecule has 8 heteroatoms. The quantitative estimate of drug-likeness (QED) is 0.519. The molecule has 4 rings (SSSR count). The number of aliphatic carboxylic acids is 1. The monoisotopic (exact) mass is 448 g/mol. The van der Waals surface area contributed by atoms with Crippen LogP contribution in [0.3, 0.4) is 0 Å². The van der Waals surface area contributed by atoms with Crippen LogP contribution in [0.4, 0.5) is 14.9 Å². The van der Waals surface area contributed by atoms with E-state index in [1.807, 2.05) is 48.5 Å². The second-order valence-corrected chi connectivity index (χ2v) is 7.68. The Morgan fingerprint density at radius 2 is 1.61 bits per heavy atom. The molecule has 7 nitrogen and oxygen atoms in total. The minimum atomic E-state index is -1.25. The summed E-state index contributed by atoms with van der Waals surface area (Å²) in [6, 6.07) is 18.1. The normalized spacial score (nSPS) is 12.9. The first-order valence-electron chi connectivity index (χ1n) is 10.3. The third-order valence-corrected chi connectivity index (χ3v) is 5.52. The first-order chi connectivity index (χ1) is 15.8. The van der Waals surface area contributed by atoms with Gasteiger partial charge in [0, 0.05) is 11.6 Å². The summed E-state index contributed by atoms with van der Waals surface area (Å²) in [5.74, 6) is -3.12. The second kappa shape index (κ2) is 9.12. The molecule has 1 aliphatic rings. The number of carbonyl (C=O) groups excluding carboxylic acids is 2. The molecule has 1 unspecified atom stereocenters. The zero-order valence-corrected chi connectivity index (χ0v) is 17.7. The number of amides is 2. The fraction of sp³-hybridized carbons (Fsp3) is 0.160. The number of carbonyl (C=O) groups is 3. The van der Waals surface area contributed by atoms with Crippen molar-refractivity contribution in [1.29, 1.82) is 0 Å². The number of rotatable bonds is 6. The van der Waals surface area contributed by atoms with Crippen LogP contribution in [0.5, 0.6) is 0 Å². The summed E-state index contributed by atoms with van der Waals surface area (Å²) in [4.78, 5) is 35.5. The molecule has 2 amide bonds. The van der Waals surface area contributed by atoms with Gasteiger partial charge in [-0.3, -0.25) is 14.9 Å². The first kappa shape index (κ1) is 22.0. The van der Waals surface area contributed by atoms with Crippen LogP contribution in [-0.2, 0) is 9.53 Å². The summed E-state index contributed by atoms with van der Waals surface area (Å²) >= 11 is 0. The molecular weight excluding hydrogens is 427 g/mol. The van der Waals surface area contributed by atoms with Crippen LogP contribution in [0, 0.1) is 5.82 Å². The van der Waals surface area contributed by atoms with Crippen LogP contribution >= 0.6 is 0 Å². The standard InChI is InChI=1S/C25H21FN2O5/c1-14(24(30)31)27-23(29)20-12-15(10-11-22(20)26)28-25(32)33-13-21-18-8-4-2-6-16(18)17-7-3-5-9-19(17)21/h2-12,14,21H,13H2,1H3,(H,27,29)(H,28,32)(H,30,31). The number of benzene rings is 3. The number of ether oxygens (including phenoxy) is 1. The number of hydrogen-bond acceptors (Lipinski definition) is 4. The Balaban J connectivity index is 1.44. The van der Waals surface area contributed by atoms with Crippen LogP contribution < -0.4 is 10.6 Å². The lowest BCUT2D eigenvalue weighted by Crippen LogP contribution is -2.38. The molecule has 0 radical (unpaired) electrons. The van der Waals surface area contributed by atoms with E-state index in [-0.39, 0.29) is 23.8 Å². The SMILES string of the molecule is CC(NC(=O)c1cc(NC(=O)OCC2c3ccccc3-c3ccccc32)ccc1F)C(=O)O. The minimum absolute atomic E-state index is 0.102. The Bertz CT molecular complexity index is 1200. The molecule has 0 aliphatic heterocycles. The molecule has 0 bridgehead atoms. The molecule has 0 saturated carbocycles. The van der Waals surface area contributed by atoms with Gasteiger partial charge in [0.1, 0.15) is 18.5 Å². The molecule has 33 heavy (non-hydrogen) atoms. The molecule has 1 atom stereocenters. The maximum Gasteiger partial charge on any atom is 0.411 e. The molecule has 168 valence electrons. The maximum absolute atomic E-state index is 14.1. The van der Waals surface area contributed by atoms with Gasteiger partial charge in [-0.25, -0.2) is 9.18 Å². The lowest BCUT2D eigenvalue weighted by atomic mass is 9.98. The van der Waals surface area contributed by atoms with E-state index in [1.54, 1.807) is 0 Å². The Hall–Kier alpha value is -4.20. The van der Waals surface area contributed by atoms with Crippen molar-refractivity contribution in [1.82, 2.24) is 5.32 Å². The van der Waals surface area contributed by atoms with Gasteiger partial charge in [-0.05, 0) is 47.4 Å². The van der Waals surface area contributed by atoms with Gasteiger partial charge in [-0.15, -0.1) is 0 Å². The average Bonchev–Trinajstić information content (AvgIpc) is 3.12. The highest BCUT2D eigenvalue weighted by molar-refractivity contribution is 5.98. The van der Waals surface area contributed by atoms with Crippen LogP contribution in [0.1, 0.15) is 34.3 Å². The number of anilines is 1. The highest BCUT2D eigenvalue weighted by Crippen LogP contribution is 2.44. The van der Waals surface area contributed by atoms with Crippen LogP contribution in [-0.4, -0.2) is 35.7 Å². The molecule has 3 N–H and O–H groups in total. The summed E-state index contributed by atoms with van der Waals surface area (Å²) in [5.41, 5.74) is 4.10. The number of carboxylic acid groups (broad SMARTS) is 1. The van der Waals surface area contributed by atoms with Crippen LogP contribution in [0.2, 0.25) is 0 Å². The van der Waals surface area contributed by atoms with Crippen molar-refractivity contribution in [3.05, 3.63) is 89.2 Å². The van der Waals surface area contributed by atoms with Crippen molar-refractivity contribution < 1.29 is 28.6 Å². The summed E-state index contributed by atoms with van der Waals surface area (Å²) in [6.07, 6.45) is -0.756. The van der Waals surface area contributed by atoms with Crippen molar-refractivity contribution in [2.45, 2.75) is 18.9 Å². The molecule has 0 spiro atoms. The third kappa shape index (κ3) is 4.55. The van der Waals surface area contributed by atoms with Gasteiger partial charge in [-0.2, -0.15) is 0 Å². The Morgan fingerprint density at radius 1 is 1.00 bits per heavy atom. The van der Waals surface area contributed by atoms with Crippen molar-refractivity contribution in [3.63, 3.8) is 0 Å². The fourth-order valence-corrected chi connectivity index (χ4v) is 3.87. The minimum Gasteiger partial charge on any atom is -0.480 e. The van der Waals surface area contributed by atoms with Gasteiger partial charge in [0.05, 0.1) is 5.56 Å². The summed E-state index contributed by atoms with van der Waals surface area (Å²) in [6.45, 7) is 1.36. The van der Waals surface area contributed by atoms with Gasteiger partial charge in [-0.1, -0.05) is 48.5 Å². The van der Waals surface area contributed by atoms with E-state index in [0.29, 0.717) is 0 Å². The molecule has 1 aliphatic carbocycles. The number of nitrogens with one attached hydrogen (secondary N) is 2. The van der Waals surface area contributed by atoms with E-state index in [1.165, 1.54) is 13.0 Å². The van der Waals surface area contributed by atoms with Gasteiger partial charge in [0.25, 0.3) is 5.91 Å². The maximum atomic E-state index is 14.1. The summed E-state index contributed by atoms with van der Waals surface area (Å²) < 4.78 is 19.5. The topological polar surface area (TPSA) is 105 Å². The van der Waals surface area contributed by atoms with E-state index in [2.05, 4.69) is 10.6 Å². The molecule has 0 fully saturated rings. The van der Waals surface area contributed by atoms with Crippen molar-refractivity contribution >= 4 is 23.7 Å². The van der Waals surface area contributed by atoms with Gasteiger partial charge >= 0.3 is 12.1 Å². The highest BCUT2D eigenvalue weighted by Gasteiger charge is 2.29. The van der Waals surface area contributed by atoms with Crippen LogP contribution in [0.25, 0.3) is 11.1 Å². The van der Waals surface area contributed by atoms with Crippen molar-refractivity contribution in [2.75, 3.05) is 11.9 Å². The number of hydrogen-bond donors (Lipinski definition) is 3.